The van der Waals surface area contributed by atoms with E-state index in [4.69, 9.17) is 0 Å². The molecule has 14 heavy (non-hydrogen) atoms. The summed E-state index contributed by atoms with van der Waals surface area (Å²) < 4.78 is 13.1. The van der Waals surface area contributed by atoms with Crippen LogP contribution in [-0.4, -0.2) is 12.6 Å². The Kier molecular flexibility index (Phi) is 2.81. The van der Waals surface area contributed by atoms with Crippen molar-refractivity contribution in [1.82, 2.24) is 5.32 Å². The van der Waals surface area contributed by atoms with Crippen molar-refractivity contribution in [2.24, 2.45) is 0 Å². The lowest BCUT2D eigenvalue weighted by molar-refractivity contribution is 0.624. The quantitative estimate of drug-likeness (QED) is 0.615. The molecule has 0 spiro atoms. The van der Waals surface area contributed by atoms with E-state index in [-0.39, 0.29) is 11.9 Å². The van der Waals surface area contributed by atoms with Crippen molar-refractivity contribution in [1.29, 1.82) is 0 Å². The van der Waals surface area contributed by atoms with Crippen LogP contribution in [-0.2, 0) is 0 Å². The lowest BCUT2D eigenvalue weighted by Crippen LogP contribution is -2.18. The van der Waals surface area contributed by atoms with Crippen molar-refractivity contribution in [3.05, 3.63) is 35.6 Å². The van der Waals surface area contributed by atoms with Gasteiger partial charge in [0.15, 0.2) is 0 Å². The second-order valence-electron chi connectivity index (χ2n) is 3.40. The number of rotatable bonds is 0. The molecule has 1 heterocycles. The van der Waals surface area contributed by atoms with Crippen LogP contribution >= 0.6 is 0 Å². The van der Waals surface area contributed by atoms with Crippen molar-refractivity contribution in [2.45, 2.75) is 18.9 Å². The van der Waals surface area contributed by atoms with Gasteiger partial charge in [-0.2, -0.15) is 0 Å². The highest BCUT2D eigenvalue weighted by molar-refractivity contribution is 5.36. The molecule has 72 valence electrons. The average Bonchev–Trinajstić information content (AvgIpc) is 2.69. The fraction of sp³-hybridized carbons (Fsp3) is 0.333. The van der Waals surface area contributed by atoms with E-state index in [1.165, 1.54) is 6.07 Å². The predicted molar refractivity (Wildman–Crippen MR) is 54.3 cm³/mol. The lowest BCUT2D eigenvalue weighted by Gasteiger charge is -1.98. The van der Waals surface area contributed by atoms with E-state index in [0.29, 0.717) is 5.56 Å². The molecule has 1 aliphatic heterocycles. The Morgan fingerprint density at radius 1 is 1.36 bits per heavy atom. The van der Waals surface area contributed by atoms with Crippen molar-refractivity contribution >= 4 is 0 Å². The zero-order chi connectivity index (χ0) is 9.80. The van der Waals surface area contributed by atoms with E-state index in [2.05, 4.69) is 17.2 Å². The largest absolute Gasteiger partial charge is 0.304 e. The summed E-state index contributed by atoms with van der Waals surface area (Å²) in [5, 5.41) is 3.25. The van der Waals surface area contributed by atoms with Crippen molar-refractivity contribution < 1.29 is 4.39 Å². The molecular weight excluding hydrogens is 177 g/mol. The molecule has 0 radical (unpaired) electrons. The molecule has 1 nitrogen and oxygen atoms in total. The van der Waals surface area contributed by atoms with Gasteiger partial charge in [-0.3, -0.25) is 0 Å². The Morgan fingerprint density at radius 3 is 2.93 bits per heavy atom. The summed E-state index contributed by atoms with van der Waals surface area (Å²) in [5.74, 6) is 5.67. The number of nitrogens with one attached hydrogen (secondary N) is 1. The summed E-state index contributed by atoms with van der Waals surface area (Å²) in [4.78, 5) is 0. The summed E-state index contributed by atoms with van der Waals surface area (Å²) in [7, 11) is 0. The standard InChI is InChI=1S/C12H12FN/c13-12-6-2-1-4-10(12)7-8-11-5-3-9-14-11/h1-2,4,6,11,14H,3,5,9H2. The molecule has 0 bridgehead atoms. The normalized spacial score (nSPS) is 20.2. The summed E-state index contributed by atoms with van der Waals surface area (Å²) in [5.41, 5.74) is 0.487. The van der Waals surface area contributed by atoms with E-state index in [0.717, 1.165) is 19.4 Å². The summed E-state index contributed by atoms with van der Waals surface area (Å²) >= 11 is 0. The topological polar surface area (TPSA) is 12.0 Å². The molecule has 1 aromatic rings. The van der Waals surface area contributed by atoms with Gasteiger partial charge in [0, 0.05) is 0 Å². The van der Waals surface area contributed by atoms with Crippen LogP contribution in [0, 0.1) is 17.7 Å². The first-order valence-electron chi connectivity index (χ1n) is 4.86. The lowest BCUT2D eigenvalue weighted by atomic mass is 10.2. The maximum absolute atomic E-state index is 13.1. The summed E-state index contributed by atoms with van der Waals surface area (Å²) in [6, 6.07) is 6.86. The molecule has 1 N–H and O–H groups in total. The molecule has 1 saturated heterocycles. The molecule has 1 aromatic carbocycles. The van der Waals surface area contributed by atoms with E-state index < -0.39 is 0 Å². The van der Waals surface area contributed by atoms with Gasteiger partial charge in [0.2, 0.25) is 0 Å². The Morgan fingerprint density at radius 2 is 2.21 bits per heavy atom. The van der Waals surface area contributed by atoms with Gasteiger partial charge in [0.1, 0.15) is 5.82 Å². The van der Waals surface area contributed by atoms with Gasteiger partial charge >= 0.3 is 0 Å². The smallest absolute Gasteiger partial charge is 0.138 e. The highest BCUT2D eigenvalue weighted by Gasteiger charge is 2.09. The van der Waals surface area contributed by atoms with Gasteiger partial charge < -0.3 is 5.32 Å². The average molecular weight is 189 g/mol. The van der Waals surface area contributed by atoms with Gasteiger partial charge in [-0.25, -0.2) is 4.39 Å². The molecule has 0 aliphatic carbocycles. The molecule has 1 fully saturated rings. The molecule has 1 atom stereocenters. The van der Waals surface area contributed by atoms with Crippen LogP contribution in [0.1, 0.15) is 18.4 Å². The second kappa shape index (κ2) is 4.26. The van der Waals surface area contributed by atoms with Crippen molar-refractivity contribution in [3.63, 3.8) is 0 Å². The molecule has 0 amide bonds. The fourth-order valence-corrected chi connectivity index (χ4v) is 1.54. The number of hydrogen-bond donors (Lipinski definition) is 1. The summed E-state index contributed by atoms with van der Waals surface area (Å²) in [6.07, 6.45) is 2.23. The molecule has 1 aliphatic rings. The van der Waals surface area contributed by atoms with Crippen molar-refractivity contribution in [2.75, 3.05) is 6.54 Å². The number of benzene rings is 1. The molecule has 0 saturated carbocycles. The van der Waals surface area contributed by atoms with Crippen LogP contribution in [0.3, 0.4) is 0 Å². The maximum Gasteiger partial charge on any atom is 0.138 e. The third-order valence-electron chi connectivity index (χ3n) is 2.32. The molecule has 2 rings (SSSR count). The monoisotopic (exact) mass is 189 g/mol. The Balaban J connectivity index is 2.12. The molecule has 2 heteroatoms. The minimum Gasteiger partial charge on any atom is -0.304 e. The minimum atomic E-state index is -0.238. The highest BCUT2D eigenvalue weighted by Crippen LogP contribution is 2.06. The van der Waals surface area contributed by atoms with E-state index in [1.807, 2.05) is 0 Å². The number of hydrogen-bond acceptors (Lipinski definition) is 1. The van der Waals surface area contributed by atoms with Crippen LogP contribution in [0.2, 0.25) is 0 Å². The Hall–Kier alpha value is -1.33. The Labute approximate surface area is 83.3 Å². The van der Waals surface area contributed by atoms with Crippen molar-refractivity contribution in [3.8, 4) is 11.8 Å². The first kappa shape index (κ1) is 9.23. The maximum atomic E-state index is 13.1. The van der Waals surface area contributed by atoms with Gasteiger partial charge in [-0.1, -0.05) is 24.0 Å². The number of halogens is 1. The molecular formula is C12H12FN. The van der Waals surface area contributed by atoms with Crippen LogP contribution in [0.15, 0.2) is 24.3 Å². The van der Waals surface area contributed by atoms with Crippen LogP contribution in [0.25, 0.3) is 0 Å². The SMILES string of the molecule is Fc1ccccc1C#CC1CCCN1. The zero-order valence-corrected chi connectivity index (χ0v) is 7.89. The van der Waals surface area contributed by atoms with Crippen LogP contribution in [0.4, 0.5) is 4.39 Å². The fourth-order valence-electron chi connectivity index (χ4n) is 1.54. The van der Waals surface area contributed by atoms with Gasteiger partial charge in [-0.05, 0) is 31.5 Å². The van der Waals surface area contributed by atoms with Gasteiger partial charge in [0.25, 0.3) is 0 Å². The van der Waals surface area contributed by atoms with E-state index >= 15 is 0 Å². The third-order valence-corrected chi connectivity index (χ3v) is 2.32. The molecule has 0 aromatic heterocycles. The Bertz CT molecular complexity index is 369. The first-order chi connectivity index (χ1) is 6.86. The van der Waals surface area contributed by atoms with Gasteiger partial charge in [-0.15, -0.1) is 0 Å². The van der Waals surface area contributed by atoms with Crippen LogP contribution < -0.4 is 5.32 Å². The highest BCUT2D eigenvalue weighted by atomic mass is 19.1. The van der Waals surface area contributed by atoms with Crippen LogP contribution in [0.5, 0.6) is 0 Å². The predicted octanol–water partition coefficient (Wildman–Crippen LogP) is 1.93. The summed E-state index contributed by atoms with van der Waals surface area (Å²) in [6.45, 7) is 1.02. The molecule has 1 unspecified atom stereocenters. The second-order valence-corrected chi connectivity index (χ2v) is 3.40. The first-order valence-corrected chi connectivity index (χ1v) is 4.86. The van der Waals surface area contributed by atoms with E-state index in [1.54, 1.807) is 18.2 Å². The minimum absolute atomic E-state index is 0.238. The third kappa shape index (κ3) is 2.12. The van der Waals surface area contributed by atoms with E-state index in [9.17, 15) is 4.39 Å². The zero-order valence-electron chi connectivity index (χ0n) is 7.89. The van der Waals surface area contributed by atoms with Gasteiger partial charge in [0.05, 0.1) is 11.6 Å².